The summed E-state index contributed by atoms with van der Waals surface area (Å²) in [6.45, 7) is 1.14. The second-order valence-corrected chi connectivity index (χ2v) is 7.22. The predicted octanol–water partition coefficient (Wildman–Crippen LogP) is 4.04. The second kappa shape index (κ2) is 8.63. The third kappa shape index (κ3) is 4.73. The number of hydrogen-bond donors (Lipinski definition) is 1. The highest BCUT2D eigenvalue weighted by molar-refractivity contribution is 6.42. The van der Waals surface area contributed by atoms with Crippen molar-refractivity contribution < 1.29 is 14.3 Å². The van der Waals surface area contributed by atoms with Crippen LogP contribution in [0, 0.1) is 0 Å². The van der Waals surface area contributed by atoms with Crippen LogP contribution in [0.3, 0.4) is 0 Å². The van der Waals surface area contributed by atoms with E-state index in [1.165, 1.54) is 0 Å². The molecule has 1 aliphatic rings. The van der Waals surface area contributed by atoms with Gasteiger partial charge in [-0.05, 0) is 49.2 Å². The SMILES string of the molecule is COc1cccc(C(=O)NC2CCN(C(=O)c3ccc(Cl)c(Cl)c3)CC2)c1. The molecule has 1 fully saturated rings. The van der Waals surface area contributed by atoms with E-state index in [1.807, 2.05) is 0 Å². The first-order valence-corrected chi connectivity index (χ1v) is 9.43. The molecule has 2 aromatic rings. The van der Waals surface area contributed by atoms with Gasteiger partial charge in [-0.3, -0.25) is 9.59 Å². The number of ether oxygens (including phenoxy) is 1. The number of nitrogens with one attached hydrogen (secondary N) is 1. The van der Waals surface area contributed by atoms with Crippen molar-refractivity contribution in [1.29, 1.82) is 0 Å². The lowest BCUT2D eigenvalue weighted by Crippen LogP contribution is -2.46. The quantitative estimate of drug-likeness (QED) is 0.833. The van der Waals surface area contributed by atoms with Crippen LogP contribution in [0.15, 0.2) is 42.5 Å². The summed E-state index contributed by atoms with van der Waals surface area (Å²) in [4.78, 5) is 26.8. The Kier molecular flexibility index (Phi) is 6.24. The Labute approximate surface area is 168 Å². The molecule has 2 amide bonds. The highest BCUT2D eigenvalue weighted by Crippen LogP contribution is 2.24. The van der Waals surface area contributed by atoms with Gasteiger partial charge in [-0.25, -0.2) is 0 Å². The number of likely N-dealkylation sites (tertiary alicyclic amines) is 1. The summed E-state index contributed by atoms with van der Waals surface area (Å²) in [7, 11) is 1.57. The van der Waals surface area contributed by atoms with E-state index < -0.39 is 0 Å². The fourth-order valence-corrected chi connectivity index (χ4v) is 3.37. The van der Waals surface area contributed by atoms with Gasteiger partial charge in [0, 0.05) is 30.3 Å². The third-order valence-corrected chi connectivity index (χ3v) is 5.35. The minimum absolute atomic E-state index is 0.0292. The molecule has 1 aliphatic heterocycles. The highest BCUT2D eigenvalue weighted by atomic mass is 35.5. The summed E-state index contributed by atoms with van der Waals surface area (Å²) in [5, 5.41) is 3.82. The average Bonchev–Trinajstić information content (AvgIpc) is 2.70. The standard InChI is InChI=1S/C20H20Cl2N2O3/c1-27-16-4-2-3-13(11-16)19(25)23-15-7-9-24(10-8-15)20(26)14-5-6-17(21)18(22)12-14/h2-6,11-12,15H,7-10H2,1H3,(H,23,25). The summed E-state index contributed by atoms with van der Waals surface area (Å²) in [6.07, 6.45) is 1.39. The topological polar surface area (TPSA) is 58.6 Å². The number of carbonyl (C=O) groups is 2. The molecule has 7 heteroatoms. The molecule has 0 atom stereocenters. The van der Waals surface area contributed by atoms with Crippen LogP contribution in [0.1, 0.15) is 33.6 Å². The maximum Gasteiger partial charge on any atom is 0.253 e. The zero-order valence-corrected chi connectivity index (χ0v) is 16.4. The van der Waals surface area contributed by atoms with Gasteiger partial charge in [-0.2, -0.15) is 0 Å². The molecule has 0 spiro atoms. The first-order valence-electron chi connectivity index (χ1n) is 8.67. The molecule has 0 unspecified atom stereocenters. The number of piperidine rings is 1. The maximum absolute atomic E-state index is 12.6. The Morgan fingerprint density at radius 1 is 1.04 bits per heavy atom. The van der Waals surface area contributed by atoms with Crippen LogP contribution in [-0.2, 0) is 0 Å². The van der Waals surface area contributed by atoms with Gasteiger partial charge in [0.15, 0.2) is 0 Å². The van der Waals surface area contributed by atoms with Gasteiger partial charge >= 0.3 is 0 Å². The van der Waals surface area contributed by atoms with Gasteiger partial charge in [0.1, 0.15) is 5.75 Å². The van der Waals surface area contributed by atoms with E-state index in [0.29, 0.717) is 52.9 Å². The molecule has 0 aromatic heterocycles. The molecule has 1 saturated heterocycles. The molecular formula is C20H20Cl2N2O3. The number of benzene rings is 2. The Balaban J connectivity index is 1.56. The Morgan fingerprint density at radius 2 is 1.78 bits per heavy atom. The highest BCUT2D eigenvalue weighted by Gasteiger charge is 2.25. The molecule has 0 aliphatic carbocycles. The normalized spacial score (nSPS) is 14.7. The minimum Gasteiger partial charge on any atom is -0.497 e. The Morgan fingerprint density at radius 3 is 2.44 bits per heavy atom. The zero-order chi connectivity index (χ0) is 19.4. The molecule has 3 rings (SSSR count). The Hall–Kier alpha value is -2.24. The van der Waals surface area contributed by atoms with Gasteiger partial charge in [0.2, 0.25) is 0 Å². The van der Waals surface area contributed by atoms with Crippen molar-refractivity contribution in [3.8, 4) is 5.75 Å². The van der Waals surface area contributed by atoms with Gasteiger partial charge in [0.25, 0.3) is 11.8 Å². The zero-order valence-electron chi connectivity index (χ0n) is 14.9. The van der Waals surface area contributed by atoms with Crippen molar-refractivity contribution in [2.75, 3.05) is 20.2 Å². The first-order chi connectivity index (χ1) is 13.0. The summed E-state index contributed by atoms with van der Waals surface area (Å²) in [6, 6.07) is 11.9. The molecule has 1 N–H and O–H groups in total. The van der Waals surface area contributed by atoms with Crippen LogP contribution in [0.4, 0.5) is 0 Å². The van der Waals surface area contributed by atoms with Crippen molar-refractivity contribution in [2.45, 2.75) is 18.9 Å². The number of carbonyl (C=O) groups excluding carboxylic acids is 2. The molecule has 5 nitrogen and oxygen atoms in total. The number of methoxy groups -OCH3 is 1. The number of hydrogen-bond acceptors (Lipinski definition) is 3. The van der Waals surface area contributed by atoms with Gasteiger partial charge in [-0.1, -0.05) is 29.3 Å². The summed E-state index contributed by atoms with van der Waals surface area (Å²) >= 11 is 11.9. The van der Waals surface area contributed by atoms with E-state index in [0.717, 1.165) is 0 Å². The molecule has 27 heavy (non-hydrogen) atoms. The van der Waals surface area contributed by atoms with Crippen molar-refractivity contribution >= 4 is 35.0 Å². The van der Waals surface area contributed by atoms with E-state index in [1.54, 1.807) is 54.5 Å². The molecule has 1 heterocycles. The molecule has 0 bridgehead atoms. The molecular weight excluding hydrogens is 387 g/mol. The van der Waals surface area contributed by atoms with E-state index in [2.05, 4.69) is 5.32 Å². The van der Waals surface area contributed by atoms with Crippen molar-refractivity contribution in [3.05, 3.63) is 63.6 Å². The van der Waals surface area contributed by atoms with E-state index >= 15 is 0 Å². The summed E-state index contributed by atoms with van der Waals surface area (Å²) in [5.41, 5.74) is 1.08. The van der Waals surface area contributed by atoms with Gasteiger partial charge in [0.05, 0.1) is 17.2 Å². The fourth-order valence-electron chi connectivity index (χ4n) is 3.07. The van der Waals surface area contributed by atoms with Crippen LogP contribution in [0.25, 0.3) is 0 Å². The maximum atomic E-state index is 12.6. The van der Waals surface area contributed by atoms with E-state index in [4.69, 9.17) is 27.9 Å². The average molecular weight is 407 g/mol. The largest absolute Gasteiger partial charge is 0.497 e. The lowest BCUT2D eigenvalue weighted by atomic mass is 10.0. The van der Waals surface area contributed by atoms with Crippen molar-refractivity contribution in [1.82, 2.24) is 10.2 Å². The molecule has 0 saturated carbocycles. The second-order valence-electron chi connectivity index (χ2n) is 6.40. The molecule has 0 radical (unpaired) electrons. The van der Waals surface area contributed by atoms with Crippen molar-refractivity contribution in [3.63, 3.8) is 0 Å². The van der Waals surface area contributed by atoms with Crippen LogP contribution in [0.2, 0.25) is 10.0 Å². The predicted molar refractivity (Wildman–Crippen MR) is 106 cm³/mol. The van der Waals surface area contributed by atoms with E-state index in [9.17, 15) is 9.59 Å². The molecule has 142 valence electrons. The van der Waals surface area contributed by atoms with Gasteiger partial charge in [-0.15, -0.1) is 0 Å². The smallest absolute Gasteiger partial charge is 0.253 e. The Bertz CT molecular complexity index is 849. The van der Waals surface area contributed by atoms with Crippen LogP contribution in [-0.4, -0.2) is 43.0 Å². The fraction of sp³-hybridized carbons (Fsp3) is 0.300. The lowest BCUT2D eigenvalue weighted by molar-refractivity contribution is 0.0698. The number of rotatable bonds is 4. The third-order valence-electron chi connectivity index (χ3n) is 4.62. The monoisotopic (exact) mass is 406 g/mol. The van der Waals surface area contributed by atoms with Crippen molar-refractivity contribution in [2.24, 2.45) is 0 Å². The lowest BCUT2D eigenvalue weighted by Gasteiger charge is -2.32. The minimum atomic E-state index is -0.136. The van der Waals surface area contributed by atoms with Crippen LogP contribution in [0.5, 0.6) is 5.75 Å². The first kappa shape index (κ1) is 19.5. The number of amides is 2. The van der Waals surface area contributed by atoms with Crippen LogP contribution >= 0.6 is 23.2 Å². The summed E-state index contributed by atoms with van der Waals surface area (Å²) < 4.78 is 5.15. The van der Waals surface area contributed by atoms with Crippen LogP contribution < -0.4 is 10.1 Å². The number of halogens is 2. The number of nitrogens with zero attached hydrogens (tertiary/aromatic N) is 1. The van der Waals surface area contributed by atoms with Gasteiger partial charge < -0.3 is 15.0 Å². The summed E-state index contributed by atoms with van der Waals surface area (Å²) in [5.74, 6) is 0.430. The molecule has 2 aromatic carbocycles. The van der Waals surface area contributed by atoms with E-state index in [-0.39, 0.29) is 17.9 Å².